The van der Waals surface area contributed by atoms with Crippen LogP contribution in [0.1, 0.15) is 21.5 Å². The molecule has 3 nitrogen and oxygen atoms in total. The summed E-state index contributed by atoms with van der Waals surface area (Å²) in [4.78, 5) is 13.8. The lowest BCUT2D eigenvalue weighted by atomic mass is 10.1. The Balaban J connectivity index is 1.74. The first kappa shape index (κ1) is 19.8. The number of carbonyl (C=O) groups is 1. The third-order valence-electron chi connectivity index (χ3n) is 4.06. The maximum atomic E-state index is 12.6. The molecule has 138 valence electrons. The zero-order valence-corrected chi connectivity index (χ0v) is 18.1. The molecular formula is C22H20INO2S. The van der Waals surface area contributed by atoms with Gasteiger partial charge in [0, 0.05) is 31.0 Å². The average molecular weight is 489 g/mol. The monoisotopic (exact) mass is 489 g/mol. The van der Waals surface area contributed by atoms with Gasteiger partial charge in [-0.25, -0.2) is 0 Å². The van der Waals surface area contributed by atoms with E-state index in [9.17, 15) is 4.79 Å². The fraction of sp³-hybridized carbons (Fsp3) is 0.136. The summed E-state index contributed by atoms with van der Waals surface area (Å²) in [6.45, 7) is 2.08. The van der Waals surface area contributed by atoms with E-state index in [-0.39, 0.29) is 5.91 Å². The number of thioether (sulfide) groups is 1. The third-order valence-corrected chi connectivity index (χ3v) is 5.84. The zero-order chi connectivity index (χ0) is 19.2. The smallest absolute Gasteiger partial charge is 0.255 e. The van der Waals surface area contributed by atoms with Crippen molar-refractivity contribution in [2.24, 2.45) is 0 Å². The van der Waals surface area contributed by atoms with Crippen LogP contribution in [0.4, 0.5) is 5.69 Å². The Morgan fingerprint density at radius 1 is 1.04 bits per heavy atom. The molecule has 0 aliphatic heterocycles. The Morgan fingerprint density at radius 3 is 2.41 bits per heavy atom. The van der Waals surface area contributed by atoms with E-state index in [0.717, 1.165) is 26.3 Å². The van der Waals surface area contributed by atoms with E-state index < -0.39 is 0 Å². The van der Waals surface area contributed by atoms with Crippen molar-refractivity contribution in [1.29, 1.82) is 0 Å². The molecule has 3 rings (SSSR count). The molecule has 0 spiro atoms. The maximum Gasteiger partial charge on any atom is 0.255 e. The number of hydrogen-bond donors (Lipinski definition) is 1. The summed E-state index contributed by atoms with van der Waals surface area (Å²) in [7, 11) is 1.65. The van der Waals surface area contributed by atoms with E-state index in [4.69, 9.17) is 4.74 Å². The molecule has 0 atom stereocenters. The topological polar surface area (TPSA) is 38.3 Å². The highest BCUT2D eigenvalue weighted by atomic mass is 127. The Hall–Kier alpha value is -1.99. The Bertz CT molecular complexity index is 924. The molecule has 0 fully saturated rings. The van der Waals surface area contributed by atoms with Crippen molar-refractivity contribution in [2.45, 2.75) is 17.6 Å². The van der Waals surface area contributed by atoms with Gasteiger partial charge >= 0.3 is 0 Å². The van der Waals surface area contributed by atoms with Crippen LogP contribution in [-0.2, 0) is 5.75 Å². The van der Waals surface area contributed by atoms with Crippen LogP contribution in [0.15, 0.2) is 71.6 Å². The number of amides is 1. The minimum Gasteiger partial charge on any atom is -0.496 e. The van der Waals surface area contributed by atoms with E-state index in [1.54, 1.807) is 24.9 Å². The van der Waals surface area contributed by atoms with Gasteiger partial charge in [-0.2, -0.15) is 0 Å². The second-order valence-corrected chi connectivity index (χ2v) is 8.38. The van der Waals surface area contributed by atoms with Gasteiger partial charge in [0.05, 0.1) is 7.11 Å². The van der Waals surface area contributed by atoms with E-state index >= 15 is 0 Å². The minimum atomic E-state index is -0.125. The Morgan fingerprint density at radius 2 is 1.74 bits per heavy atom. The molecule has 5 heteroatoms. The number of halogens is 1. The number of benzene rings is 3. The molecule has 0 aliphatic rings. The highest BCUT2D eigenvalue weighted by molar-refractivity contribution is 14.1. The molecule has 3 aromatic carbocycles. The fourth-order valence-electron chi connectivity index (χ4n) is 2.56. The summed E-state index contributed by atoms with van der Waals surface area (Å²) in [5.41, 5.74) is 3.64. The van der Waals surface area contributed by atoms with E-state index in [1.165, 1.54) is 10.5 Å². The largest absolute Gasteiger partial charge is 0.496 e. The lowest BCUT2D eigenvalue weighted by Gasteiger charge is -2.11. The van der Waals surface area contributed by atoms with Gasteiger partial charge in [-0.1, -0.05) is 17.7 Å². The number of ether oxygens (including phenoxy) is 1. The van der Waals surface area contributed by atoms with Crippen molar-refractivity contribution in [3.63, 3.8) is 0 Å². The number of rotatable bonds is 6. The second kappa shape index (κ2) is 9.28. The zero-order valence-electron chi connectivity index (χ0n) is 15.2. The molecular weight excluding hydrogens is 469 g/mol. The van der Waals surface area contributed by atoms with Gasteiger partial charge in [-0.3, -0.25) is 4.79 Å². The summed E-state index contributed by atoms with van der Waals surface area (Å²) in [5.74, 6) is 1.40. The van der Waals surface area contributed by atoms with Crippen LogP contribution < -0.4 is 10.1 Å². The first-order chi connectivity index (χ1) is 13.0. The molecule has 0 saturated carbocycles. The highest BCUT2D eigenvalue weighted by Crippen LogP contribution is 2.29. The van der Waals surface area contributed by atoms with E-state index in [2.05, 4.69) is 59.1 Å². The average Bonchev–Trinajstić information content (AvgIpc) is 2.69. The summed E-state index contributed by atoms with van der Waals surface area (Å²) in [6.07, 6.45) is 0. The predicted molar refractivity (Wildman–Crippen MR) is 121 cm³/mol. The molecule has 0 unspecified atom stereocenters. The van der Waals surface area contributed by atoms with Gasteiger partial charge in [-0.15, -0.1) is 11.8 Å². The number of carbonyl (C=O) groups excluding carboxylic acids is 1. The maximum absolute atomic E-state index is 12.6. The van der Waals surface area contributed by atoms with Gasteiger partial charge in [0.25, 0.3) is 5.91 Å². The molecule has 0 saturated heterocycles. The van der Waals surface area contributed by atoms with Crippen molar-refractivity contribution in [3.05, 3.63) is 87.0 Å². The Kier molecular flexibility index (Phi) is 6.79. The summed E-state index contributed by atoms with van der Waals surface area (Å²) >= 11 is 3.97. The third kappa shape index (κ3) is 5.49. The van der Waals surface area contributed by atoms with Crippen LogP contribution >= 0.6 is 34.4 Å². The number of nitrogens with one attached hydrogen (secondary N) is 1. The normalized spacial score (nSPS) is 10.5. The van der Waals surface area contributed by atoms with Crippen LogP contribution in [-0.4, -0.2) is 13.0 Å². The van der Waals surface area contributed by atoms with E-state index in [1.807, 2.05) is 36.4 Å². The van der Waals surface area contributed by atoms with Gasteiger partial charge in [-0.05, 0) is 84.1 Å². The van der Waals surface area contributed by atoms with Crippen LogP contribution in [0.2, 0.25) is 0 Å². The molecule has 0 radical (unpaired) electrons. The fourth-order valence-corrected chi connectivity index (χ4v) is 3.80. The molecule has 1 amide bonds. The minimum absolute atomic E-state index is 0.125. The van der Waals surface area contributed by atoms with Crippen molar-refractivity contribution >= 4 is 45.9 Å². The number of anilines is 1. The molecule has 0 heterocycles. The molecule has 0 bridgehead atoms. The van der Waals surface area contributed by atoms with E-state index in [0.29, 0.717) is 5.56 Å². The molecule has 0 aliphatic carbocycles. The standard InChI is InChI=1S/C22H20INO2S/c1-15-3-10-20(11-4-15)27-14-17-13-16(5-12-21(17)26-2)22(25)24-19-8-6-18(23)7-9-19/h3-13H,14H2,1-2H3,(H,24,25). The first-order valence-corrected chi connectivity index (χ1v) is 10.5. The van der Waals surface area contributed by atoms with Crippen LogP contribution in [0.25, 0.3) is 0 Å². The molecule has 1 N–H and O–H groups in total. The Labute approximate surface area is 177 Å². The van der Waals surface area contributed by atoms with Gasteiger partial charge in [0.2, 0.25) is 0 Å². The number of methoxy groups -OCH3 is 1. The second-order valence-electron chi connectivity index (χ2n) is 6.09. The number of hydrogen-bond acceptors (Lipinski definition) is 3. The van der Waals surface area contributed by atoms with Gasteiger partial charge in [0.1, 0.15) is 5.75 Å². The first-order valence-electron chi connectivity index (χ1n) is 8.48. The summed E-state index contributed by atoms with van der Waals surface area (Å²) in [6, 6.07) is 21.7. The summed E-state index contributed by atoms with van der Waals surface area (Å²) < 4.78 is 6.60. The van der Waals surface area contributed by atoms with Crippen LogP contribution in [0.5, 0.6) is 5.75 Å². The number of aryl methyl sites for hydroxylation is 1. The summed E-state index contributed by atoms with van der Waals surface area (Å²) in [5, 5.41) is 2.94. The predicted octanol–water partition coefficient (Wildman–Crippen LogP) is 6.15. The van der Waals surface area contributed by atoms with Gasteiger partial charge < -0.3 is 10.1 Å². The SMILES string of the molecule is COc1ccc(C(=O)Nc2ccc(I)cc2)cc1CSc1ccc(C)cc1. The lowest BCUT2D eigenvalue weighted by molar-refractivity contribution is 0.102. The van der Waals surface area contributed by atoms with Crippen molar-refractivity contribution < 1.29 is 9.53 Å². The molecule has 27 heavy (non-hydrogen) atoms. The van der Waals surface area contributed by atoms with Crippen molar-refractivity contribution in [1.82, 2.24) is 0 Å². The molecule has 3 aromatic rings. The van der Waals surface area contributed by atoms with Crippen LogP contribution in [0.3, 0.4) is 0 Å². The van der Waals surface area contributed by atoms with Crippen molar-refractivity contribution in [3.8, 4) is 5.75 Å². The van der Waals surface area contributed by atoms with Gasteiger partial charge in [0.15, 0.2) is 0 Å². The highest BCUT2D eigenvalue weighted by Gasteiger charge is 2.11. The lowest BCUT2D eigenvalue weighted by Crippen LogP contribution is -2.12. The van der Waals surface area contributed by atoms with Crippen molar-refractivity contribution in [2.75, 3.05) is 12.4 Å². The van der Waals surface area contributed by atoms with Crippen LogP contribution in [0, 0.1) is 10.5 Å². The quantitative estimate of drug-likeness (QED) is 0.333. The molecule has 0 aromatic heterocycles.